The van der Waals surface area contributed by atoms with Crippen molar-refractivity contribution in [3.63, 3.8) is 0 Å². The number of nitrogens with one attached hydrogen (secondary N) is 2. The summed E-state index contributed by atoms with van der Waals surface area (Å²) in [6, 6.07) is 4.92. The number of hydrogen-bond acceptors (Lipinski definition) is 5. The molecule has 0 aliphatic rings. The van der Waals surface area contributed by atoms with Gasteiger partial charge in [-0.2, -0.15) is 0 Å². The van der Waals surface area contributed by atoms with Gasteiger partial charge in [-0.05, 0) is 50.0 Å². The van der Waals surface area contributed by atoms with Gasteiger partial charge in [0.05, 0.1) is 12.2 Å². The number of aliphatic hydroxyl groups is 2. The third kappa shape index (κ3) is 6.66. The Balaban J connectivity index is 2.83. The molecule has 7 heteroatoms. The Morgan fingerprint density at radius 1 is 1.20 bits per heavy atom. The van der Waals surface area contributed by atoms with E-state index >= 15 is 0 Å². The van der Waals surface area contributed by atoms with E-state index in [2.05, 4.69) is 29.0 Å². The molecule has 0 fully saturated rings. The number of carbonyl (C=O) groups excluding carboxylic acids is 2. The molecular weight excluding hydrogens is 324 g/mol. The van der Waals surface area contributed by atoms with Crippen LogP contribution in [0, 0.1) is 23.7 Å². The lowest BCUT2D eigenvalue weighted by molar-refractivity contribution is -0.136. The van der Waals surface area contributed by atoms with Crippen LogP contribution >= 0.6 is 0 Å². The number of benzene rings is 1. The number of aliphatic hydroxyl groups excluding tert-OH is 1. The Morgan fingerprint density at radius 3 is 2.36 bits per heavy atom. The lowest BCUT2D eigenvalue weighted by Gasteiger charge is -2.28. The molecule has 0 aliphatic heterocycles. The quantitative estimate of drug-likeness (QED) is 0.288. The molecule has 0 heterocycles. The van der Waals surface area contributed by atoms with Crippen LogP contribution in [-0.4, -0.2) is 45.5 Å². The molecule has 7 nitrogen and oxygen atoms in total. The van der Waals surface area contributed by atoms with E-state index in [1.54, 1.807) is 12.1 Å². The van der Waals surface area contributed by atoms with Gasteiger partial charge in [-0.1, -0.05) is 11.8 Å². The van der Waals surface area contributed by atoms with E-state index < -0.39 is 23.5 Å². The maximum absolute atomic E-state index is 12.2. The first-order valence-corrected chi connectivity index (χ1v) is 7.46. The van der Waals surface area contributed by atoms with Crippen LogP contribution in [0.1, 0.15) is 36.2 Å². The second-order valence-corrected chi connectivity index (χ2v) is 5.64. The molecule has 132 valence electrons. The smallest absolute Gasteiger partial charge is 0.268 e. The summed E-state index contributed by atoms with van der Waals surface area (Å²) in [5.41, 5.74) is 0.748. The summed E-state index contributed by atoms with van der Waals surface area (Å²) >= 11 is 0. The van der Waals surface area contributed by atoms with Crippen LogP contribution in [0.25, 0.3) is 0 Å². The summed E-state index contributed by atoms with van der Waals surface area (Å²) in [6.45, 7) is 2.66. The van der Waals surface area contributed by atoms with Crippen LogP contribution in [0.5, 0.6) is 0 Å². The molecule has 0 aliphatic carbocycles. The molecule has 1 aromatic carbocycles. The van der Waals surface area contributed by atoms with Gasteiger partial charge in [-0.25, -0.2) is 5.48 Å². The van der Waals surface area contributed by atoms with E-state index in [9.17, 15) is 14.7 Å². The molecular formula is C18H20N2O5. The minimum Gasteiger partial charge on any atom is -0.395 e. The average molecular weight is 344 g/mol. The Morgan fingerprint density at radius 2 is 1.84 bits per heavy atom. The highest BCUT2D eigenvalue weighted by Gasteiger charge is 2.34. The highest BCUT2D eigenvalue weighted by Crippen LogP contribution is 2.11. The average Bonchev–Trinajstić information content (AvgIpc) is 2.58. The van der Waals surface area contributed by atoms with Crippen molar-refractivity contribution in [2.24, 2.45) is 0 Å². The van der Waals surface area contributed by atoms with Crippen molar-refractivity contribution in [1.82, 2.24) is 10.8 Å². The highest BCUT2D eigenvalue weighted by atomic mass is 16.5. The first-order chi connectivity index (χ1) is 11.8. The van der Waals surface area contributed by atoms with Crippen molar-refractivity contribution in [2.45, 2.75) is 31.9 Å². The fourth-order valence-corrected chi connectivity index (χ4v) is 1.81. The molecule has 1 rings (SSSR count). The summed E-state index contributed by atoms with van der Waals surface area (Å²) in [6.07, 6.45) is 0.359. The van der Waals surface area contributed by atoms with Gasteiger partial charge >= 0.3 is 0 Å². The SMILES string of the molecule is CC(C)(O)[C@H](NC(=O)c1ccc(C#CC#CCCO)cc1)C(=O)NO. The number of amides is 2. The van der Waals surface area contributed by atoms with Crippen molar-refractivity contribution in [3.8, 4) is 23.7 Å². The molecule has 25 heavy (non-hydrogen) atoms. The van der Waals surface area contributed by atoms with Crippen LogP contribution < -0.4 is 10.8 Å². The lowest BCUT2D eigenvalue weighted by atomic mass is 9.97. The molecule has 1 aromatic rings. The van der Waals surface area contributed by atoms with Crippen molar-refractivity contribution < 1.29 is 25.0 Å². The third-order valence-electron chi connectivity index (χ3n) is 3.10. The molecule has 1 atom stereocenters. The monoisotopic (exact) mass is 344 g/mol. The first kappa shape index (κ1) is 20.2. The van der Waals surface area contributed by atoms with Crippen molar-refractivity contribution >= 4 is 11.8 Å². The molecule has 0 aromatic heterocycles. The fraction of sp³-hybridized carbons (Fsp3) is 0.333. The third-order valence-corrected chi connectivity index (χ3v) is 3.10. The minimum atomic E-state index is -1.57. The predicted molar refractivity (Wildman–Crippen MR) is 90.3 cm³/mol. The van der Waals surface area contributed by atoms with Gasteiger partial charge in [0, 0.05) is 17.5 Å². The lowest BCUT2D eigenvalue weighted by Crippen LogP contribution is -2.57. The summed E-state index contributed by atoms with van der Waals surface area (Å²) in [7, 11) is 0. The van der Waals surface area contributed by atoms with Gasteiger partial charge in [-0.3, -0.25) is 14.8 Å². The summed E-state index contributed by atoms with van der Waals surface area (Å²) in [4.78, 5) is 23.8. The Hall–Kier alpha value is -2.84. The second-order valence-electron chi connectivity index (χ2n) is 5.64. The largest absolute Gasteiger partial charge is 0.395 e. The van der Waals surface area contributed by atoms with Crippen LogP contribution in [0.3, 0.4) is 0 Å². The van der Waals surface area contributed by atoms with Crippen LogP contribution in [-0.2, 0) is 4.79 Å². The maximum Gasteiger partial charge on any atom is 0.268 e. The Labute approximate surface area is 146 Å². The van der Waals surface area contributed by atoms with Gasteiger partial charge < -0.3 is 15.5 Å². The van der Waals surface area contributed by atoms with E-state index in [-0.39, 0.29) is 12.2 Å². The topological polar surface area (TPSA) is 119 Å². The maximum atomic E-state index is 12.2. The van der Waals surface area contributed by atoms with Crippen LogP contribution in [0.4, 0.5) is 0 Å². The van der Waals surface area contributed by atoms with Gasteiger partial charge in [0.15, 0.2) is 0 Å². The molecule has 5 N–H and O–H groups in total. The zero-order valence-electron chi connectivity index (χ0n) is 14.0. The number of hydroxylamine groups is 1. The van der Waals surface area contributed by atoms with E-state index in [1.165, 1.54) is 31.5 Å². The standard InChI is InChI=1S/C18H20N2O5/c1-18(2,24)15(17(23)20-25)19-16(22)14-10-8-13(9-11-14)7-5-3-4-6-12-21/h8-11,15,21,24-25H,6,12H2,1-2H3,(H,19,22)(H,20,23)/t15-/m1/s1. The van der Waals surface area contributed by atoms with Crippen molar-refractivity contribution in [3.05, 3.63) is 35.4 Å². The van der Waals surface area contributed by atoms with E-state index in [0.29, 0.717) is 12.0 Å². The molecule has 2 amide bonds. The van der Waals surface area contributed by atoms with Gasteiger partial charge in [0.25, 0.3) is 11.8 Å². The van der Waals surface area contributed by atoms with Gasteiger partial charge in [-0.15, -0.1) is 0 Å². The normalized spacial score (nSPS) is 11.2. The van der Waals surface area contributed by atoms with Crippen LogP contribution in [0.2, 0.25) is 0 Å². The summed E-state index contributed by atoms with van der Waals surface area (Å²) in [5, 5.41) is 29.6. The van der Waals surface area contributed by atoms with E-state index in [1.807, 2.05) is 0 Å². The van der Waals surface area contributed by atoms with E-state index in [4.69, 9.17) is 10.3 Å². The summed E-state index contributed by atoms with van der Waals surface area (Å²) in [5.74, 6) is 9.15. The van der Waals surface area contributed by atoms with Crippen molar-refractivity contribution in [1.29, 1.82) is 0 Å². The second kappa shape index (κ2) is 9.45. The molecule has 0 unspecified atom stereocenters. The van der Waals surface area contributed by atoms with Crippen LogP contribution in [0.15, 0.2) is 24.3 Å². The fourth-order valence-electron chi connectivity index (χ4n) is 1.81. The molecule has 0 radical (unpaired) electrons. The Kier molecular flexibility index (Phi) is 7.64. The first-order valence-electron chi connectivity index (χ1n) is 7.46. The predicted octanol–water partition coefficient (Wildman–Crippen LogP) is -0.201. The zero-order chi connectivity index (χ0) is 18.9. The molecule has 0 spiro atoms. The summed E-state index contributed by atoms with van der Waals surface area (Å²) < 4.78 is 0. The number of carbonyl (C=O) groups is 2. The minimum absolute atomic E-state index is 0.0154. The highest BCUT2D eigenvalue weighted by molar-refractivity contribution is 5.97. The van der Waals surface area contributed by atoms with Gasteiger partial charge in [0.1, 0.15) is 6.04 Å². The molecule has 0 saturated carbocycles. The van der Waals surface area contributed by atoms with Crippen molar-refractivity contribution in [2.75, 3.05) is 6.61 Å². The number of rotatable bonds is 5. The molecule has 0 saturated heterocycles. The van der Waals surface area contributed by atoms with Gasteiger partial charge in [0.2, 0.25) is 0 Å². The molecule has 0 bridgehead atoms. The van der Waals surface area contributed by atoms with E-state index in [0.717, 1.165) is 0 Å². The number of hydrogen-bond donors (Lipinski definition) is 5. The zero-order valence-corrected chi connectivity index (χ0v) is 14.0. The Bertz CT molecular complexity index is 727.